The number of rotatable bonds is 5. The molecule has 0 saturated heterocycles. The van der Waals surface area contributed by atoms with Crippen molar-refractivity contribution in [3.05, 3.63) is 22.0 Å². The van der Waals surface area contributed by atoms with Crippen molar-refractivity contribution in [2.75, 3.05) is 6.54 Å². The van der Waals surface area contributed by atoms with Crippen molar-refractivity contribution in [3.8, 4) is 0 Å². The maximum Gasteiger partial charge on any atom is 0.302 e. The molecular formula is C6H11N3O2. The molecule has 62 valence electrons. The molecule has 0 atom stereocenters. The summed E-state index contributed by atoms with van der Waals surface area (Å²) in [6.07, 6.45) is 2.85. The van der Waals surface area contributed by atoms with Gasteiger partial charge in [0, 0.05) is 6.54 Å². The summed E-state index contributed by atoms with van der Waals surface area (Å²) in [4.78, 5) is 9.47. The van der Waals surface area contributed by atoms with Crippen molar-refractivity contribution in [2.24, 2.45) is 0 Å². The zero-order valence-corrected chi connectivity index (χ0v) is 6.33. The van der Waals surface area contributed by atoms with Crippen LogP contribution in [0.3, 0.4) is 0 Å². The molecular weight excluding hydrogens is 146 g/mol. The molecule has 0 aromatic heterocycles. The summed E-state index contributed by atoms with van der Waals surface area (Å²) in [7, 11) is 0. The predicted octanol–water partition coefficient (Wildman–Crippen LogP) is 0.754. The predicted molar refractivity (Wildman–Crippen MR) is 42.2 cm³/mol. The lowest BCUT2D eigenvalue weighted by Crippen LogP contribution is -2.10. The van der Waals surface area contributed by atoms with Crippen LogP contribution in [0.5, 0.6) is 0 Å². The van der Waals surface area contributed by atoms with Gasteiger partial charge in [0.1, 0.15) is 0 Å². The van der Waals surface area contributed by atoms with Gasteiger partial charge in [-0.3, -0.25) is 10.1 Å². The van der Waals surface area contributed by atoms with Crippen molar-refractivity contribution in [3.63, 3.8) is 0 Å². The Kier molecular flexibility index (Phi) is 4.72. The standard InChI is InChI=1S/C6H11N3O2/c1-2-3-8-5-6(4-7)9(10)11/h4-5,7-8H,2-3H2,1H3/b6-5+,7-4?. The molecule has 0 aliphatic carbocycles. The second-order valence-corrected chi connectivity index (χ2v) is 1.92. The van der Waals surface area contributed by atoms with Crippen LogP contribution in [0.15, 0.2) is 11.9 Å². The van der Waals surface area contributed by atoms with Gasteiger partial charge >= 0.3 is 5.70 Å². The zero-order chi connectivity index (χ0) is 8.69. The monoisotopic (exact) mass is 157 g/mol. The first-order valence-electron chi connectivity index (χ1n) is 3.30. The van der Waals surface area contributed by atoms with Gasteiger partial charge in [-0.2, -0.15) is 0 Å². The third kappa shape index (κ3) is 4.07. The first kappa shape index (κ1) is 9.61. The van der Waals surface area contributed by atoms with Gasteiger partial charge in [0.25, 0.3) is 0 Å². The number of nitrogens with one attached hydrogen (secondary N) is 2. The van der Waals surface area contributed by atoms with Gasteiger partial charge in [0.05, 0.1) is 17.3 Å². The Morgan fingerprint density at radius 1 is 1.82 bits per heavy atom. The minimum Gasteiger partial charge on any atom is -0.385 e. The summed E-state index contributed by atoms with van der Waals surface area (Å²) in [5.74, 6) is 0. The van der Waals surface area contributed by atoms with Gasteiger partial charge in [-0.1, -0.05) is 6.92 Å². The van der Waals surface area contributed by atoms with E-state index in [9.17, 15) is 10.1 Å². The summed E-state index contributed by atoms with van der Waals surface area (Å²) in [6, 6.07) is 0. The summed E-state index contributed by atoms with van der Waals surface area (Å²) >= 11 is 0. The fourth-order valence-electron chi connectivity index (χ4n) is 0.468. The van der Waals surface area contributed by atoms with Crippen molar-refractivity contribution >= 4 is 6.21 Å². The van der Waals surface area contributed by atoms with Gasteiger partial charge < -0.3 is 10.7 Å². The third-order valence-corrected chi connectivity index (χ3v) is 1.00. The number of nitrogens with zero attached hydrogens (tertiary/aromatic N) is 1. The lowest BCUT2D eigenvalue weighted by molar-refractivity contribution is -0.414. The number of hydrogen-bond acceptors (Lipinski definition) is 4. The molecule has 0 heterocycles. The van der Waals surface area contributed by atoms with Crippen molar-refractivity contribution in [1.29, 1.82) is 5.41 Å². The molecule has 5 heteroatoms. The molecule has 0 aromatic rings. The Hall–Kier alpha value is -1.39. The van der Waals surface area contributed by atoms with Crippen LogP contribution in [-0.2, 0) is 0 Å². The van der Waals surface area contributed by atoms with Gasteiger partial charge in [0.2, 0.25) is 0 Å². The van der Waals surface area contributed by atoms with E-state index in [1.165, 1.54) is 6.20 Å². The van der Waals surface area contributed by atoms with Crippen LogP contribution in [0, 0.1) is 15.5 Å². The third-order valence-electron chi connectivity index (χ3n) is 1.00. The molecule has 2 N–H and O–H groups in total. The van der Waals surface area contributed by atoms with Crippen molar-refractivity contribution < 1.29 is 4.92 Å². The fourth-order valence-corrected chi connectivity index (χ4v) is 0.468. The van der Waals surface area contributed by atoms with E-state index in [0.717, 1.165) is 6.42 Å². The molecule has 0 amide bonds. The quantitative estimate of drug-likeness (QED) is 0.267. The molecule has 0 aromatic carbocycles. The highest BCUT2D eigenvalue weighted by atomic mass is 16.6. The van der Waals surface area contributed by atoms with Crippen LogP contribution in [0.25, 0.3) is 0 Å². The van der Waals surface area contributed by atoms with Gasteiger partial charge in [-0.15, -0.1) is 0 Å². The molecule has 0 unspecified atom stereocenters. The Morgan fingerprint density at radius 3 is 2.82 bits per heavy atom. The van der Waals surface area contributed by atoms with E-state index in [4.69, 9.17) is 5.41 Å². The number of nitro groups is 1. The second-order valence-electron chi connectivity index (χ2n) is 1.92. The van der Waals surface area contributed by atoms with Gasteiger partial charge in [0.15, 0.2) is 0 Å². The summed E-state index contributed by atoms with van der Waals surface area (Å²) < 4.78 is 0. The molecule has 0 aliphatic rings. The van der Waals surface area contributed by atoms with Crippen LogP contribution < -0.4 is 5.32 Å². The molecule has 0 bridgehead atoms. The molecule has 0 fully saturated rings. The number of hydrogen-bond donors (Lipinski definition) is 2. The second kappa shape index (κ2) is 5.40. The first-order valence-corrected chi connectivity index (χ1v) is 3.30. The molecule has 0 radical (unpaired) electrons. The molecule has 0 saturated carbocycles. The Balaban J connectivity index is 3.91. The Labute approximate surface area is 64.8 Å². The lowest BCUT2D eigenvalue weighted by atomic mass is 10.4. The first-order chi connectivity index (χ1) is 5.22. The van der Waals surface area contributed by atoms with Crippen LogP contribution in [-0.4, -0.2) is 17.7 Å². The largest absolute Gasteiger partial charge is 0.385 e. The smallest absolute Gasteiger partial charge is 0.302 e. The highest BCUT2D eigenvalue weighted by Gasteiger charge is 2.03. The summed E-state index contributed by atoms with van der Waals surface area (Å²) in [5, 5.41) is 19.4. The molecule has 0 aliphatic heterocycles. The fraction of sp³-hybridized carbons (Fsp3) is 0.500. The molecule has 0 spiro atoms. The normalized spacial score (nSPS) is 10.8. The maximum atomic E-state index is 10.1. The SMILES string of the molecule is CCCN/C=C(\C=N)[N+](=O)[O-]. The van der Waals surface area contributed by atoms with Crippen LogP contribution in [0.2, 0.25) is 0 Å². The van der Waals surface area contributed by atoms with Gasteiger partial charge in [-0.05, 0) is 6.42 Å². The summed E-state index contributed by atoms with van der Waals surface area (Å²) in [6.45, 7) is 2.64. The van der Waals surface area contributed by atoms with E-state index in [1.54, 1.807) is 0 Å². The number of allylic oxidation sites excluding steroid dienone is 1. The van der Waals surface area contributed by atoms with E-state index >= 15 is 0 Å². The summed E-state index contributed by atoms with van der Waals surface area (Å²) in [5.41, 5.74) is -0.224. The minimum absolute atomic E-state index is 0.224. The average molecular weight is 157 g/mol. The Bertz CT molecular complexity index is 177. The Morgan fingerprint density at radius 2 is 2.45 bits per heavy atom. The van der Waals surface area contributed by atoms with Crippen LogP contribution in [0.4, 0.5) is 0 Å². The van der Waals surface area contributed by atoms with Crippen molar-refractivity contribution in [1.82, 2.24) is 5.32 Å². The average Bonchev–Trinajstić information content (AvgIpc) is 1.97. The van der Waals surface area contributed by atoms with E-state index in [2.05, 4.69) is 5.32 Å². The zero-order valence-electron chi connectivity index (χ0n) is 6.33. The van der Waals surface area contributed by atoms with Crippen LogP contribution >= 0.6 is 0 Å². The highest BCUT2D eigenvalue weighted by molar-refractivity contribution is 5.71. The molecule has 5 nitrogen and oxygen atoms in total. The van der Waals surface area contributed by atoms with E-state index < -0.39 is 4.92 Å². The topological polar surface area (TPSA) is 79.0 Å². The van der Waals surface area contributed by atoms with Crippen molar-refractivity contribution in [2.45, 2.75) is 13.3 Å². The lowest BCUT2D eigenvalue weighted by Gasteiger charge is -1.94. The van der Waals surface area contributed by atoms with E-state index in [-0.39, 0.29) is 5.70 Å². The van der Waals surface area contributed by atoms with Gasteiger partial charge in [-0.25, -0.2) is 0 Å². The minimum atomic E-state index is -0.602. The molecule has 0 rings (SSSR count). The molecule has 11 heavy (non-hydrogen) atoms. The van der Waals surface area contributed by atoms with Crippen LogP contribution in [0.1, 0.15) is 13.3 Å². The highest BCUT2D eigenvalue weighted by Crippen LogP contribution is 1.87. The van der Waals surface area contributed by atoms with E-state index in [0.29, 0.717) is 12.8 Å². The van der Waals surface area contributed by atoms with E-state index in [1.807, 2.05) is 6.92 Å². The maximum absolute atomic E-state index is 10.1.